The molecule has 2 aromatic carbocycles. The van der Waals surface area contributed by atoms with Gasteiger partial charge in [0.25, 0.3) is 0 Å². The SMILES string of the molecule is COc1ccc(C(CNC(=O)C2COc3ccccc3C2)N(C)C)cc1. The van der Waals surface area contributed by atoms with Crippen molar-refractivity contribution < 1.29 is 14.3 Å². The average Bonchev–Trinajstić information content (AvgIpc) is 2.67. The van der Waals surface area contributed by atoms with Crippen molar-refractivity contribution in [2.45, 2.75) is 12.5 Å². The Morgan fingerprint density at radius 3 is 2.65 bits per heavy atom. The molecule has 0 saturated heterocycles. The van der Waals surface area contributed by atoms with Crippen LogP contribution in [0, 0.1) is 5.92 Å². The number of nitrogens with one attached hydrogen (secondary N) is 1. The van der Waals surface area contributed by atoms with Gasteiger partial charge in [-0.1, -0.05) is 30.3 Å². The number of carbonyl (C=O) groups is 1. The van der Waals surface area contributed by atoms with Gasteiger partial charge in [0, 0.05) is 6.54 Å². The van der Waals surface area contributed by atoms with E-state index >= 15 is 0 Å². The van der Waals surface area contributed by atoms with E-state index in [1.807, 2.05) is 62.6 Å². The average molecular weight is 354 g/mol. The zero-order valence-electron chi connectivity index (χ0n) is 15.6. The molecule has 0 aromatic heterocycles. The number of nitrogens with zero attached hydrogens (tertiary/aromatic N) is 1. The smallest absolute Gasteiger partial charge is 0.226 e. The molecular weight excluding hydrogens is 328 g/mol. The Hall–Kier alpha value is -2.53. The van der Waals surface area contributed by atoms with E-state index in [0.29, 0.717) is 13.2 Å². The highest BCUT2D eigenvalue weighted by Gasteiger charge is 2.26. The van der Waals surface area contributed by atoms with Crippen LogP contribution in [0.15, 0.2) is 48.5 Å². The lowest BCUT2D eigenvalue weighted by Crippen LogP contribution is -2.41. The first kappa shape index (κ1) is 18.3. The van der Waals surface area contributed by atoms with Crippen LogP contribution < -0.4 is 14.8 Å². The van der Waals surface area contributed by atoms with Gasteiger partial charge in [0.05, 0.1) is 19.1 Å². The maximum Gasteiger partial charge on any atom is 0.226 e. The predicted molar refractivity (Wildman–Crippen MR) is 102 cm³/mol. The molecule has 1 amide bonds. The zero-order valence-corrected chi connectivity index (χ0v) is 15.6. The maximum atomic E-state index is 12.6. The summed E-state index contributed by atoms with van der Waals surface area (Å²) in [6, 6.07) is 16.0. The highest BCUT2D eigenvalue weighted by Crippen LogP contribution is 2.27. The summed E-state index contributed by atoms with van der Waals surface area (Å²) < 4.78 is 11.0. The van der Waals surface area contributed by atoms with Gasteiger partial charge < -0.3 is 19.7 Å². The molecule has 2 unspecified atom stereocenters. The van der Waals surface area contributed by atoms with Crippen LogP contribution in [-0.4, -0.2) is 45.2 Å². The van der Waals surface area contributed by atoms with Gasteiger partial charge in [-0.05, 0) is 49.8 Å². The molecule has 1 heterocycles. The summed E-state index contributed by atoms with van der Waals surface area (Å²) in [6.45, 7) is 0.980. The minimum Gasteiger partial charge on any atom is -0.497 e. The lowest BCUT2D eigenvalue weighted by atomic mass is 9.96. The molecular formula is C21H26N2O3. The van der Waals surface area contributed by atoms with Gasteiger partial charge >= 0.3 is 0 Å². The molecule has 1 aliphatic heterocycles. The first-order valence-electron chi connectivity index (χ1n) is 8.87. The number of hydrogen-bond donors (Lipinski definition) is 1. The summed E-state index contributed by atoms with van der Waals surface area (Å²) in [5.74, 6) is 1.61. The Morgan fingerprint density at radius 1 is 1.23 bits per heavy atom. The fraction of sp³-hybridized carbons (Fsp3) is 0.381. The van der Waals surface area contributed by atoms with Crippen LogP contribution in [0.1, 0.15) is 17.2 Å². The highest BCUT2D eigenvalue weighted by molar-refractivity contribution is 5.79. The predicted octanol–water partition coefficient (Wildman–Crippen LogP) is 2.67. The Morgan fingerprint density at radius 2 is 1.96 bits per heavy atom. The number of carbonyl (C=O) groups excluding carboxylic acids is 1. The normalized spacial score (nSPS) is 17.2. The Balaban J connectivity index is 1.61. The van der Waals surface area contributed by atoms with Crippen LogP contribution in [0.2, 0.25) is 0 Å². The minimum absolute atomic E-state index is 0.0415. The number of methoxy groups -OCH3 is 1. The fourth-order valence-electron chi connectivity index (χ4n) is 3.26. The zero-order chi connectivity index (χ0) is 18.5. The summed E-state index contributed by atoms with van der Waals surface area (Å²) in [5, 5.41) is 3.10. The Kier molecular flexibility index (Phi) is 5.78. The van der Waals surface area contributed by atoms with Gasteiger partial charge in [0.2, 0.25) is 5.91 Å². The first-order chi connectivity index (χ1) is 12.6. The molecule has 0 radical (unpaired) electrons. The van der Waals surface area contributed by atoms with Gasteiger partial charge in [-0.3, -0.25) is 4.79 Å². The molecule has 1 aliphatic rings. The minimum atomic E-state index is -0.149. The summed E-state index contributed by atoms with van der Waals surface area (Å²) in [5.41, 5.74) is 2.24. The lowest BCUT2D eigenvalue weighted by molar-refractivity contribution is -0.126. The third-order valence-electron chi connectivity index (χ3n) is 4.84. The number of likely N-dealkylation sites (N-methyl/N-ethyl adjacent to an activating group) is 1. The van der Waals surface area contributed by atoms with Crippen molar-refractivity contribution in [3.05, 3.63) is 59.7 Å². The molecule has 0 bridgehead atoms. The van der Waals surface area contributed by atoms with Crippen molar-refractivity contribution >= 4 is 5.91 Å². The summed E-state index contributed by atoms with van der Waals surface area (Å²) in [6.07, 6.45) is 0.719. The second kappa shape index (κ2) is 8.23. The van der Waals surface area contributed by atoms with Crippen LogP contribution in [0.3, 0.4) is 0 Å². The van der Waals surface area contributed by atoms with E-state index in [4.69, 9.17) is 9.47 Å². The molecule has 0 saturated carbocycles. The van der Waals surface area contributed by atoms with Crippen molar-refractivity contribution in [2.24, 2.45) is 5.92 Å². The van der Waals surface area contributed by atoms with Crippen molar-refractivity contribution in [1.82, 2.24) is 10.2 Å². The van der Waals surface area contributed by atoms with E-state index in [2.05, 4.69) is 10.2 Å². The summed E-state index contributed by atoms with van der Waals surface area (Å²) in [4.78, 5) is 14.7. The first-order valence-corrected chi connectivity index (χ1v) is 8.87. The van der Waals surface area contributed by atoms with Gasteiger partial charge in [0.1, 0.15) is 18.1 Å². The van der Waals surface area contributed by atoms with Crippen LogP contribution in [0.5, 0.6) is 11.5 Å². The van der Waals surface area contributed by atoms with Gasteiger partial charge in [-0.2, -0.15) is 0 Å². The van der Waals surface area contributed by atoms with Crippen molar-refractivity contribution in [1.29, 1.82) is 0 Å². The lowest BCUT2D eigenvalue weighted by Gasteiger charge is -2.28. The molecule has 2 atom stereocenters. The van der Waals surface area contributed by atoms with E-state index < -0.39 is 0 Å². The van der Waals surface area contributed by atoms with E-state index in [0.717, 1.165) is 29.0 Å². The van der Waals surface area contributed by atoms with Gasteiger partial charge in [-0.15, -0.1) is 0 Å². The number of benzene rings is 2. The quantitative estimate of drug-likeness (QED) is 0.867. The Bertz CT molecular complexity index is 743. The van der Waals surface area contributed by atoms with E-state index in [-0.39, 0.29) is 17.9 Å². The van der Waals surface area contributed by atoms with Gasteiger partial charge in [-0.25, -0.2) is 0 Å². The number of ether oxygens (including phenoxy) is 2. The van der Waals surface area contributed by atoms with Crippen molar-refractivity contribution in [2.75, 3.05) is 34.4 Å². The van der Waals surface area contributed by atoms with E-state index in [1.54, 1.807) is 7.11 Å². The molecule has 0 aliphatic carbocycles. The second-order valence-corrected chi connectivity index (χ2v) is 6.82. The summed E-state index contributed by atoms with van der Waals surface area (Å²) in [7, 11) is 5.69. The van der Waals surface area contributed by atoms with Gasteiger partial charge in [0.15, 0.2) is 0 Å². The molecule has 138 valence electrons. The van der Waals surface area contributed by atoms with Crippen LogP contribution >= 0.6 is 0 Å². The molecule has 26 heavy (non-hydrogen) atoms. The third-order valence-corrected chi connectivity index (χ3v) is 4.84. The molecule has 0 spiro atoms. The van der Waals surface area contributed by atoms with Crippen LogP contribution in [0.25, 0.3) is 0 Å². The van der Waals surface area contributed by atoms with E-state index in [9.17, 15) is 4.79 Å². The largest absolute Gasteiger partial charge is 0.497 e. The molecule has 5 nitrogen and oxygen atoms in total. The highest BCUT2D eigenvalue weighted by atomic mass is 16.5. The Labute approximate surface area is 154 Å². The standard InChI is InChI=1S/C21H26N2O3/c1-23(2)19(15-8-10-18(25-3)11-9-15)13-22-21(24)17-12-16-6-4-5-7-20(16)26-14-17/h4-11,17,19H,12-14H2,1-3H3,(H,22,24). The molecule has 0 fully saturated rings. The topological polar surface area (TPSA) is 50.8 Å². The third kappa shape index (κ3) is 4.17. The van der Waals surface area contributed by atoms with Crippen molar-refractivity contribution in [3.8, 4) is 11.5 Å². The molecule has 3 rings (SSSR count). The van der Waals surface area contributed by atoms with Crippen molar-refractivity contribution in [3.63, 3.8) is 0 Å². The monoisotopic (exact) mass is 354 g/mol. The van der Waals surface area contributed by atoms with E-state index in [1.165, 1.54) is 0 Å². The number of amides is 1. The number of fused-ring (bicyclic) bond motifs is 1. The molecule has 2 aromatic rings. The molecule has 5 heteroatoms. The number of para-hydroxylation sites is 1. The summed E-state index contributed by atoms with van der Waals surface area (Å²) >= 11 is 0. The fourth-order valence-corrected chi connectivity index (χ4v) is 3.26. The molecule has 1 N–H and O–H groups in total. The number of rotatable bonds is 6. The van der Waals surface area contributed by atoms with Crippen LogP contribution in [-0.2, 0) is 11.2 Å². The maximum absolute atomic E-state index is 12.6. The van der Waals surface area contributed by atoms with Crippen LogP contribution in [0.4, 0.5) is 0 Å². The second-order valence-electron chi connectivity index (χ2n) is 6.82. The number of hydrogen-bond acceptors (Lipinski definition) is 4.